The molecule has 0 heterocycles. The van der Waals surface area contributed by atoms with E-state index in [2.05, 4.69) is 69.3 Å². The summed E-state index contributed by atoms with van der Waals surface area (Å²) in [4.78, 5) is 0. The van der Waals surface area contributed by atoms with E-state index in [1.54, 1.807) is 0 Å². The van der Waals surface area contributed by atoms with E-state index < -0.39 is 0 Å². The van der Waals surface area contributed by atoms with Crippen molar-refractivity contribution in [3.63, 3.8) is 0 Å². The molecule has 0 aliphatic rings. The van der Waals surface area contributed by atoms with Gasteiger partial charge in [-0.15, -0.1) is 0 Å². The summed E-state index contributed by atoms with van der Waals surface area (Å²) in [5.41, 5.74) is 11.8. The first-order valence-electron chi connectivity index (χ1n) is 9.57. The second-order valence-electron chi connectivity index (χ2n) is 7.07. The molecule has 1 heteroatoms. The Morgan fingerprint density at radius 2 is 1.17 bits per heavy atom. The lowest BCUT2D eigenvalue weighted by Crippen LogP contribution is -2.38. The Kier molecular flexibility index (Phi) is 7.05. The molecule has 0 saturated carbocycles. The van der Waals surface area contributed by atoms with Gasteiger partial charge in [0.1, 0.15) is 0 Å². The van der Waals surface area contributed by atoms with E-state index in [-0.39, 0.29) is 5.54 Å². The molecule has 0 bridgehead atoms. The number of nitrogens with two attached hydrogens (primary N) is 1. The van der Waals surface area contributed by atoms with E-state index in [1.807, 2.05) is 0 Å². The fourth-order valence-electron chi connectivity index (χ4n) is 3.11. The first-order chi connectivity index (χ1) is 11.6. The third-order valence-electron chi connectivity index (χ3n) is 5.38. The Morgan fingerprint density at radius 3 is 1.58 bits per heavy atom. The third kappa shape index (κ3) is 5.21. The second-order valence-corrected chi connectivity index (χ2v) is 7.07. The van der Waals surface area contributed by atoms with Gasteiger partial charge in [-0.25, -0.2) is 0 Å². The van der Waals surface area contributed by atoms with E-state index in [0.717, 1.165) is 25.7 Å². The van der Waals surface area contributed by atoms with Crippen LogP contribution in [0.2, 0.25) is 0 Å². The Labute approximate surface area is 148 Å². The van der Waals surface area contributed by atoms with Crippen LogP contribution in [0.1, 0.15) is 64.0 Å². The quantitative estimate of drug-likeness (QED) is 0.588. The number of unbranched alkanes of at least 4 members (excludes halogenated alkanes) is 1. The molecule has 0 atom stereocenters. The highest BCUT2D eigenvalue weighted by atomic mass is 14.7. The van der Waals surface area contributed by atoms with Gasteiger partial charge in [-0.1, -0.05) is 75.7 Å². The lowest BCUT2D eigenvalue weighted by atomic mass is 9.87. The van der Waals surface area contributed by atoms with Crippen LogP contribution < -0.4 is 5.73 Å². The van der Waals surface area contributed by atoms with Crippen LogP contribution in [0.25, 0.3) is 11.1 Å². The highest BCUT2D eigenvalue weighted by molar-refractivity contribution is 5.64. The fourth-order valence-corrected chi connectivity index (χ4v) is 3.11. The summed E-state index contributed by atoms with van der Waals surface area (Å²) in [5.74, 6) is 0. The van der Waals surface area contributed by atoms with Crippen molar-refractivity contribution in [2.75, 3.05) is 0 Å². The van der Waals surface area contributed by atoms with E-state index in [0.29, 0.717) is 0 Å². The zero-order valence-electron chi connectivity index (χ0n) is 15.6. The molecule has 0 fully saturated rings. The Morgan fingerprint density at radius 1 is 0.708 bits per heavy atom. The van der Waals surface area contributed by atoms with Crippen molar-refractivity contribution in [2.24, 2.45) is 5.73 Å². The average Bonchev–Trinajstić information content (AvgIpc) is 2.65. The fraction of sp³-hybridized carbons (Fsp3) is 0.478. The van der Waals surface area contributed by atoms with Crippen LogP contribution >= 0.6 is 0 Å². The zero-order valence-corrected chi connectivity index (χ0v) is 15.6. The molecule has 24 heavy (non-hydrogen) atoms. The maximum atomic E-state index is 6.41. The summed E-state index contributed by atoms with van der Waals surface area (Å²) in [6.45, 7) is 6.62. The van der Waals surface area contributed by atoms with Crippen LogP contribution in [0.4, 0.5) is 0 Å². The molecule has 0 aromatic heterocycles. The molecule has 0 amide bonds. The van der Waals surface area contributed by atoms with E-state index >= 15 is 0 Å². The number of hydrogen-bond acceptors (Lipinski definition) is 1. The highest BCUT2D eigenvalue weighted by Gasteiger charge is 2.19. The van der Waals surface area contributed by atoms with Gasteiger partial charge in [0.05, 0.1) is 0 Å². The highest BCUT2D eigenvalue weighted by Crippen LogP contribution is 2.23. The lowest BCUT2D eigenvalue weighted by molar-refractivity contribution is 0.367. The van der Waals surface area contributed by atoms with Crippen LogP contribution in [0.3, 0.4) is 0 Å². The summed E-state index contributed by atoms with van der Waals surface area (Å²) in [5, 5.41) is 0. The third-order valence-corrected chi connectivity index (χ3v) is 5.38. The Hall–Kier alpha value is -1.60. The van der Waals surface area contributed by atoms with Crippen LogP contribution in [0.15, 0.2) is 48.5 Å². The average molecular weight is 324 g/mol. The van der Waals surface area contributed by atoms with Crippen molar-refractivity contribution in [1.82, 2.24) is 0 Å². The molecule has 2 aromatic carbocycles. The van der Waals surface area contributed by atoms with Crippen molar-refractivity contribution in [1.29, 1.82) is 0 Å². The molecule has 2 rings (SSSR count). The Bertz CT molecular complexity index is 591. The van der Waals surface area contributed by atoms with E-state index in [9.17, 15) is 0 Å². The minimum Gasteiger partial charge on any atom is -0.325 e. The minimum absolute atomic E-state index is 0.00695. The summed E-state index contributed by atoms with van der Waals surface area (Å²) in [7, 11) is 0. The molecule has 0 aliphatic carbocycles. The van der Waals surface area contributed by atoms with Gasteiger partial charge < -0.3 is 5.73 Å². The molecular weight excluding hydrogens is 290 g/mol. The molecule has 0 aliphatic heterocycles. The minimum atomic E-state index is -0.00695. The van der Waals surface area contributed by atoms with Gasteiger partial charge >= 0.3 is 0 Å². The molecule has 0 saturated heterocycles. The predicted molar refractivity (Wildman–Crippen MR) is 106 cm³/mol. The van der Waals surface area contributed by atoms with E-state index in [1.165, 1.54) is 41.5 Å². The molecule has 2 aromatic rings. The van der Waals surface area contributed by atoms with Gasteiger partial charge in [0.2, 0.25) is 0 Å². The number of benzene rings is 2. The van der Waals surface area contributed by atoms with Crippen molar-refractivity contribution in [2.45, 2.75) is 71.3 Å². The topological polar surface area (TPSA) is 26.0 Å². The first-order valence-corrected chi connectivity index (χ1v) is 9.57. The molecule has 1 nitrogen and oxygen atoms in total. The number of rotatable bonds is 9. The summed E-state index contributed by atoms with van der Waals surface area (Å²) in [6, 6.07) is 18.0. The number of hydrogen-bond donors (Lipinski definition) is 1. The van der Waals surface area contributed by atoms with Crippen LogP contribution in [0, 0.1) is 0 Å². The van der Waals surface area contributed by atoms with Crippen LogP contribution in [-0.2, 0) is 12.8 Å². The molecule has 2 N–H and O–H groups in total. The predicted octanol–water partition coefficient (Wildman–Crippen LogP) is 6.15. The molecule has 0 unspecified atom stereocenters. The first kappa shape index (κ1) is 18.7. The van der Waals surface area contributed by atoms with Crippen molar-refractivity contribution < 1.29 is 0 Å². The maximum absolute atomic E-state index is 6.41. The number of aryl methyl sites for hydroxylation is 2. The summed E-state index contributed by atoms with van der Waals surface area (Å²) >= 11 is 0. The smallest absolute Gasteiger partial charge is 0.0152 e. The van der Waals surface area contributed by atoms with Crippen molar-refractivity contribution in [3.8, 4) is 11.1 Å². The molecular formula is C23H33N. The van der Waals surface area contributed by atoms with Crippen molar-refractivity contribution >= 4 is 0 Å². The van der Waals surface area contributed by atoms with Gasteiger partial charge in [-0.3, -0.25) is 0 Å². The van der Waals surface area contributed by atoms with Gasteiger partial charge in [0.25, 0.3) is 0 Å². The monoisotopic (exact) mass is 323 g/mol. The van der Waals surface area contributed by atoms with Crippen molar-refractivity contribution in [3.05, 3.63) is 59.7 Å². The molecule has 130 valence electrons. The van der Waals surface area contributed by atoms with Gasteiger partial charge in [0, 0.05) is 5.54 Å². The van der Waals surface area contributed by atoms with Crippen LogP contribution in [0.5, 0.6) is 0 Å². The SMILES string of the molecule is CCCCc1ccc(-c2ccc(CCC(N)(CC)CC)cc2)cc1. The second kappa shape index (κ2) is 9.03. The van der Waals surface area contributed by atoms with Crippen LogP contribution in [-0.4, -0.2) is 5.54 Å². The van der Waals surface area contributed by atoms with Gasteiger partial charge in [0.15, 0.2) is 0 Å². The summed E-state index contributed by atoms with van der Waals surface area (Å²) in [6.07, 6.45) is 7.93. The molecule has 0 radical (unpaired) electrons. The van der Waals surface area contributed by atoms with E-state index in [4.69, 9.17) is 5.73 Å². The Balaban J connectivity index is 1.98. The zero-order chi connectivity index (χ0) is 17.4. The maximum Gasteiger partial charge on any atom is 0.0152 e. The summed E-state index contributed by atoms with van der Waals surface area (Å²) < 4.78 is 0. The molecule has 0 spiro atoms. The standard InChI is InChI=1S/C23H33N/c1-4-7-8-19-9-13-21(14-10-19)22-15-11-20(12-16-22)17-18-23(24,5-2)6-3/h9-16H,4-8,17-18,24H2,1-3H3. The van der Waals surface area contributed by atoms with Gasteiger partial charge in [-0.05, 0) is 60.8 Å². The lowest BCUT2D eigenvalue weighted by Gasteiger charge is -2.26. The van der Waals surface area contributed by atoms with Gasteiger partial charge in [-0.2, -0.15) is 0 Å². The normalized spacial score (nSPS) is 11.7. The largest absolute Gasteiger partial charge is 0.325 e.